The molecule has 124 valence electrons. The average molecular weight is 391 g/mol. The Kier molecular flexibility index (Phi) is 4.41. The SMILES string of the molecule is Cc1ccc([C@H]2CC(c3ccc(Br)cc3)=NN2c2ccccc2)cc1. The molecule has 0 unspecified atom stereocenters. The predicted octanol–water partition coefficient (Wildman–Crippen LogP) is 6.11. The molecule has 1 heterocycles. The van der Waals surface area contributed by atoms with Gasteiger partial charge in [0, 0.05) is 10.9 Å². The molecule has 0 aliphatic carbocycles. The monoisotopic (exact) mass is 390 g/mol. The van der Waals surface area contributed by atoms with E-state index in [1.54, 1.807) is 0 Å². The molecule has 1 aliphatic rings. The number of halogens is 1. The molecule has 0 fully saturated rings. The largest absolute Gasteiger partial charge is 0.257 e. The molecule has 1 aliphatic heterocycles. The van der Waals surface area contributed by atoms with Crippen molar-refractivity contribution in [3.05, 3.63) is 100 Å². The van der Waals surface area contributed by atoms with Gasteiger partial charge in [-0.1, -0.05) is 76.1 Å². The van der Waals surface area contributed by atoms with Gasteiger partial charge in [-0.2, -0.15) is 5.10 Å². The van der Waals surface area contributed by atoms with Gasteiger partial charge in [-0.15, -0.1) is 0 Å². The van der Waals surface area contributed by atoms with Crippen molar-refractivity contribution in [2.24, 2.45) is 5.10 Å². The van der Waals surface area contributed by atoms with Crippen molar-refractivity contribution in [2.45, 2.75) is 19.4 Å². The van der Waals surface area contributed by atoms with Crippen molar-refractivity contribution >= 4 is 27.3 Å². The quantitative estimate of drug-likeness (QED) is 0.526. The van der Waals surface area contributed by atoms with Crippen LogP contribution >= 0.6 is 15.9 Å². The third-order valence-corrected chi connectivity index (χ3v) is 5.10. The second-order valence-corrected chi connectivity index (χ2v) is 7.28. The Morgan fingerprint density at radius 1 is 0.880 bits per heavy atom. The zero-order valence-corrected chi connectivity index (χ0v) is 15.6. The minimum Gasteiger partial charge on any atom is -0.257 e. The Balaban J connectivity index is 1.73. The van der Waals surface area contributed by atoms with Crippen LogP contribution in [0.2, 0.25) is 0 Å². The van der Waals surface area contributed by atoms with Crippen molar-refractivity contribution in [1.82, 2.24) is 0 Å². The lowest BCUT2D eigenvalue weighted by molar-refractivity contribution is 0.709. The van der Waals surface area contributed by atoms with E-state index in [1.807, 2.05) is 6.07 Å². The molecule has 0 amide bonds. The molecule has 3 heteroatoms. The van der Waals surface area contributed by atoms with Crippen LogP contribution in [0, 0.1) is 6.92 Å². The van der Waals surface area contributed by atoms with Gasteiger partial charge in [-0.25, -0.2) is 0 Å². The van der Waals surface area contributed by atoms with Crippen LogP contribution in [-0.4, -0.2) is 5.71 Å². The van der Waals surface area contributed by atoms with Crippen LogP contribution < -0.4 is 5.01 Å². The first-order valence-electron chi connectivity index (χ1n) is 8.45. The molecule has 0 spiro atoms. The molecular weight excluding hydrogens is 372 g/mol. The average Bonchev–Trinajstić information content (AvgIpc) is 3.09. The summed E-state index contributed by atoms with van der Waals surface area (Å²) < 4.78 is 1.09. The Morgan fingerprint density at radius 3 is 2.24 bits per heavy atom. The molecule has 0 N–H and O–H groups in total. The van der Waals surface area contributed by atoms with Gasteiger partial charge in [0.15, 0.2) is 0 Å². The highest BCUT2D eigenvalue weighted by molar-refractivity contribution is 9.10. The number of anilines is 1. The van der Waals surface area contributed by atoms with Gasteiger partial charge in [0.1, 0.15) is 0 Å². The van der Waals surface area contributed by atoms with E-state index in [0.29, 0.717) is 0 Å². The Morgan fingerprint density at radius 2 is 1.56 bits per heavy atom. The summed E-state index contributed by atoms with van der Waals surface area (Å²) in [5, 5.41) is 7.13. The number of rotatable bonds is 3. The lowest BCUT2D eigenvalue weighted by Crippen LogP contribution is -2.18. The second kappa shape index (κ2) is 6.85. The molecule has 4 rings (SSSR count). The fraction of sp³-hybridized carbons (Fsp3) is 0.136. The highest BCUT2D eigenvalue weighted by atomic mass is 79.9. The normalized spacial score (nSPS) is 16.8. The van der Waals surface area contributed by atoms with Crippen molar-refractivity contribution in [1.29, 1.82) is 0 Å². The number of para-hydroxylation sites is 1. The molecular formula is C22H19BrN2. The molecule has 1 atom stereocenters. The van der Waals surface area contributed by atoms with E-state index >= 15 is 0 Å². The summed E-state index contributed by atoms with van der Waals surface area (Å²) in [7, 11) is 0. The first-order chi connectivity index (χ1) is 12.2. The molecule has 0 bridgehead atoms. The van der Waals surface area contributed by atoms with Crippen LogP contribution in [0.15, 0.2) is 88.4 Å². The number of hydrogen-bond donors (Lipinski definition) is 0. The summed E-state index contributed by atoms with van der Waals surface area (Å²) in [5.74, 6) is 0. The lowest BCUT2D eigenvalue weighted by atomic mass is 9.97. The summed E-state index contributed by atoms with van der Waals surface area (Å²) in [6.45, 7) is 2.12. The fourth-order valence-electron chi connectivity index (χ4n) is 3.19. The number of nitrogens with zero attached hydrogens (tertiary/aromatic N) is 2. The molecule has 0 saturated heterocycles. The smallest absolute Gasteiger partial charge is 0.0831 e. The first-order valence-corrected chi connectivity index (χ1v) is 9.24. The zero-order chi connectivity index (χ0) is 17.2. The van der Waals surface area contributed by atoms with Gasteiger partial charge in [0.2, 0.25) is 0 Å². The van der Waals surface area contributed by atoms with Gasteiger partial charge in [0.05, 0.1) is 17.4 Å². The van der Waals surface area contributed by atoms with Crippen LogP contribution in [0.3, 0.4) is 0 Å². The maximum Gasteiger partial charge on any atom is 0.0831 e. The second-order valence-electron chi connectivity index (χ2n) is 6.36. The predicted molar refractivity (Wildman–Crippen MR) is 108 cm³/mol. The minimum atomic E-state index is 0.224. The minimum absolute atomic E-state index is 0.224. The maximum atomic E-state index is 4.97. The molecule has 2 nitrogen and oxygen atoms in total. The summed E-state index contributed by atoms with van der Waals surface area (Å²) in [6.07, 6.45) is 0.902. The standard InChI is InChI=1S/C22H19BrN2/c1-16-7-9-18(10-8-16)22-15-21(17-11-13-19(23)14-12-17)24-25(22)20-5-3-2-4-6-20/h2-14,22H,15H2,1H3/t22-/m1/s1. The number of hydrazone groups is 1. The van der Waals surface area contributed by atoms with Crippen molar-refractivity contribution < 1.29 is 0 Å². The lowest BCUT2D eigenvalue weighted by Gasteiger charge is -2.24. The summed E-state index contributed by atoms with van der Waals surface area (Å²) >= 11 is 3.51. The van der Waals surface area contributed by atoms with Crippen LogP contribution in [0.1, 0.15) is 29.2 Å². The van der Waals surface area contributed by atoms with Crippen LogP contribution in [0.4, 0.5) is 5.69 Å². The van der Waals surface area contributed by atoms with E-state index in [2.05, 4.69) is 101 Å². The highest BCUT2D eigenvalue weighted by Crippen LogP contribution is 2.36. The zero-order valence-electron chi connectivity index (χ0n) is 14.1. The summed E-state index contributed by atoms with van der Waals surface area (Å²) in [5.41, 5.74) is 6.01. The number of benzene rings is 3. The molecule has 0 saturated carbocycles. The van der Waals surface area contributed by atoms with E-state index < -0.39 is 0 Å². The van der Waals surface area contributed by atoms with Gasteiger partial charge in [-0.3, -0.25) is 5.01 Å². The van der Waals surface area contributed by atoms with Gasteiger partial charge >= 0.3 is 0 Å². The Hall–Kier alpha value is -2.39. The van der Waals surface area contributed by atoms with E-state index in [0.717, 1.165) is 22.3 Å². The fourth-order valence-corrected chi connectivity index (χ4v) is 3.46. The summed E-state index contributed by atoms with van der Waals surface area (Å²) in [4.78, 5) is 0. The number of aryl methyl sites for hydroxylation is 1. The van der Waals surface area contributed by atoms with Crippen LogP contribution in [0.5, 0.6) is 0 Å². The van der Waals surface area contributed by atoms with Gasteiger partial charge in [0.25, 0.3) is 0 Å². The maximum absolute atomic E-state index is 4.97. The summed E-state index contributed by atoms with van der Waals surface area (Å²) in [6, 6.07) is 27.8. The number of hydrogen-bond acceptors (Lipinski definition) is 2. The van der Waals surface area contributed by atoms with E-state index in [-0.39, 0.29) is 6.04 Å². The molecule has 0 radical (unpaired) electrons. The van der Waals surface area contributed by atoms with Crippen LogP contribution in [-0.2, 0) is 0 Å². The molecule has 0 aromatic heterocycles. The van der Waals surface area contributed by atoms with Gasteiger partial charge in [-0.05, 0) is 42.3 Å². The van der Waals surface area contributed by atoms with Crippen molar-refractivity contribution in [2.75, 3.05) is 5.01 Å². The van der Waals surface area contributed by atoms with Crippen LogP contribution in [0.25, 0.3) is 0 Å². The van der Waals surface area contributed by atoms with Crippen molar-refractivity contribution in [3.8, 4) is 0 Å². The third-order valence-electron chi connectivity index (χ3n) is 4.57. The third kappa shape index (κ3) is 3.38. The Bertz CT molecular complexity index is 884. The van der Waals surface area contributed by atoms with E-state index in [9.17, 15) is 0 Å². The molecule has 3 aromatic carbocycles. The molecule has 25 heavy (non-hydrogen) atoms. The van der Waals surface area contributed by atoms with E-state index in [4.69, 9.17) is 5.10 Å². The van der Waals surface area contributed by atoms with Gasteiger partial charge < -0.3 is 0 Å². The van der Waals surface area contributed by atoms with Crippen molar-refractivity contribution in [3.63, 3.8) is 0 Å². The van der Waals surface area contributed by atoms with E-state index in [1.165, 1.54) is 16.7 Å². The topological polar surface area (TPSA) is 15.6 Å². The molecule has 3 aromatic rings. The highest BCUT2D eigenvalue weighted by Gasteiger charge is 2.29. The Labute approximate surface area is 156 Å². The first kappa shape index (κ1) is 16.1.